The van der Waals surface area contributed by atoms with Crippen molar-refractivity contribution in [1.29, 1.82) is 5.26 Å². The number of halogens is 1. The van der Waals surface area contributed by atoms with E-state index >= 15 is 0 Å². The molecule has 0 amide bonds. The lowest BCUT2D eigenvalue weighted by Gasteiger charge is -2.09. The van der Waals surface area contributed by atoms with Crippen molar-refractivity contribution in [2.24, 2.45) is 0 Å². The first kappa shape index (κ1) is 20.7. The van der Waals surface area contributed by atoms with Gasteiger partial charge in [-0.05, 0) is 47.9 Å². The van der Waals surface area contributed by atoms with Crippen LogP contribution >= 0.6 is 11.6 Å². The molecule has 3 aromatic carbocycles. The monoisotopic (exact) mass is 450 g/mol. The molecule has 0 aliphatic heterocycles. The van der Waals surface area contributed by atoms with Crippen molar-refractivity contribution < 1.29 is 0 Å². The van der Waals surface area contributed by atoms with Crippen LogP contribution in [0.2, 0.25) is 5.02 Å². The van der Waals surface area contributed by atoms with Gasteiger partial charge in [0.15, 0.2) is 0 Å². The van der Waals surface area contributed by atoms with Crippen LogP contribution in [0.3, 0.4) is 0 Å². The van der Waals surface area contributed by atoms with Gasteiger partial charge in [0.25, 0.3) is 5.56 Å². The van der Waals surface area contributed by atoms with E-state index in [1.54, 1.807) is 16.6 Å². The Morgan fingerprint density at radius 2 is 1.79 bits per heavy atom. The van der Waals surface area contributed by atoms with Crippen molar-refractivity contribution in [1.82, 2.24) is 14.6 Å². The van der Waals surface area contributed by atoms with Gasteiger partial charge in [-0.1, -0.05) is 60.1 Å². The Balaban J connectivity index is 1.80. The van der Waals surface area contributed by atoms with Crippen LogP contribution in [0.5, 0.6) is 0 Å². The van der Waals surface area contributed by atoms with Gasteiger partial charge in [-0.2, -0.15) is 10.4 Å². The molecule has 0 saturated carbocycles. The van der Waals surface area contributed by atoms with Gasteiger partial charge < -0.3 is 4.98 Å². The highest BCUT2D eigenvalue weighted by Gasteiger charge is 2.20. The zero-order chi connectivity index (χ0) is 22.9. The molecule has 0 unspecified atom stereocenters. The van der Waals surface area contributed by atoms with Crippen LogP contribution in [-0.4, -0.2) is 14.6 Å². The minimum Gasteiger partial charge on any atom is -0.306 e. The first-order valence-electron chi connectivity index (χ1n) is 10.5. The number of hydrogen-bond acceptors (Lipinski definition) is 3. The molecule has 0 bridgehead atoms. The summed E-state index contributed by atoms with van der Waals surface area (Å²) in [5, 5.41) is 14.8. The van der Waals surface area contributed by atoms with Crippen LogP contribution in [0.1, 0.15) is 22.4 Å². The lowest BCUT2D eigenvalue weighted by Crippen LogP contribution is -2.10. The molecule has 5 nitrogen and oxygen atoms in total. The van der Waals surface area contributed by atoms with E-state index in [-0.39, 0.29) is 5.56 Å². The van der Waals surface area contributed by atoms with E-state index in [1.165, 1.54) is 0 Å². The average Bonchev–Trinajstić information content (AvgIpc) is 3.17. The molecular weight excluding hydrogens is 432 g/mol. The van der Waals surface area contributed by atoms with Gasteiger partial charge >= 0.3 is 0 Å². The molecule has 1 N–H and O–H groups in total. The Morgan fingerprint density at radius 1 is 1.03 bits per heavy atom. The summed E-state index contributed by atoms with van der Waals surface area (Å²) in [5.74, 6) is 0. The number of hydrogen-bond donors (Lipinski definition) is 1. The van der Waals surface area contributed by atoms with Crippen molar-refractivity contribution in [3.63, 3.8) is 0 Å². The Labute approximate surface area is 195 Å². The largest absolute Gasteiger partial charge is 0.306 e. The van der Waals surface area contributed by atoms with Crippen LogP contribution in [0, 0.1) is 18.3 Å². The molecule has 2 heterocycles. The molecule has 0 saturated heterocycles. The second-order valence-corrected chi connectivity index (χ2v) is 8.35. The fourth-order valence-electron chi connectivity index (χ4n) is 4.14. The Hall–Kier alpha value is -4.14. The van der Waals surface area contributed by atoms with E-state index in [0.717, 1.165) is 33.5 Å². The van der Waals surface area contributed by atoms with Crippen LogP contribution in [0.4, 0.5) is 0 Å². The van der Waals surface area contributed by atoms with Crippen molar-refractivity contribution in [2.45, 2.75) is 13.3 Å². The molecule has 5 aromatic rings. The van der Waals surface area contributed by atoms with E-state index < -0.39 is 0 Å². The molecule has 0 aliphatic rings. The Morgan fingerprint density at radius 3 is 2.48 bits per heavy atom. The molecule has 0 atom stereocenters. The van der Waals surface area contributed by atoms with Gasteiger partial charge in [0.1, 0.15) is 5.65 Å². The third kappa shape index (κ3) is 3.93. The average molecular weight is 451 g/mol. The Bertz CT molecular complexity index is 1580. The van der Waals surface area contributed by atoms with Gasteiger partial charge in [0.05, 0.1) is 23.0 Å². The van der Waals surface area contributed by atoms with E-state index in [9.17, 15) is 10.1 Å². The number of fused-ring (bicyclic) bond motifs is 1. The molecule has 0 radical (unpaired) electrons. The molecular formula is C27H19ClN4O. The van der Waals surface area contributed by atoms with Crippen LogP contribution < -0.4 is 5.56 Å². The summed E-state index contributed by atoms with van der Waals surface area (Å²) < 4.78 is 1.79. The van der Waals surface area contributed by atoms with Crippen LogP contribution in [-0.2, 0) is 6.42 Å². The maximum Gasteiger partial charge on any atom is 0.251 e. The summed E-state index contributed by atoms with van der Waals surface area (Å²) in [4.78, 5) is 15.7. The standard InChI is InChI=1S/C27H19ClN4O/c1-17-13-19(16-29)7-12-22(17)24-15-25(33)30-27-26(20-8-10-21(28)11-9-20)23(31-32(24)27)14-18-5-3-2-4-6-18/h2-13,15H,14H2,1H3,(H,30,33). The minimum absolute atomic E-state index is 0.220. The van der Waals surface area contributed by atoms with Gasteiger partial charge in [0.2, 0.25) is 0 Å². The third-order valence-electron chi connectivity index (χ3n) is 5.67. The first-order valence-corrected chi connectivity index (χ1v) is 10.9. The van der Waals surface area contributed by atoms with Crippen LogP contribution in [0.25, 0.3) is 28.0 Å². The van der Waals surface area contributed by atoms with E-state index in [0.29, 0.717) is 28.3 Å². The predicted octanol–water partition coefficient (Wildman–Crippen LogP) is 5.78. The van der Waals surface area contributed by atoms with Crippen molar-refractivity contribution in [2.75, 3.05) is 0 Å². The number of aromatic nitrogens is 3. The fraction of sp³-hybridized carbons (Fsp3) is 0.0741. The molecule has 160 valence electrons. The number of nitrogens with zero attached hydrogens (tertiary/aromatic N) is 3. The van der Waals surface area contributed by atoms with Crippen molar-refractivity contribution >= 4 is 17.2 Å². The minimum atomic E-state index is -0.220. The molecule has 6 heteroatoms. The second-order valence-electron chi connectivity index (χ2n) is 7.91. The topological polar surface area (TPSA) is 73.9 Å². The van der Waals surface area contributed by atoms with E-state index in [1.807, 2.05) is 61.5 Å². The molecule has 2 aromatic heterocycles. The summed E-state index contributed by atoms with van der Waals surface area (Å²) in [6.07, 6.45) is 0.605. The maximum absolute atomic E-state index is 12.7. The molecule has 0 aliphatic carbocycles. The highest BCUT2D eigenvalue weighted by molar-refractivity contribution is 6.30. The fourth-order valence-corrected chi connectivity index (χ4v) is 4.26. The van der Waals surface area contributed by atoms with Crippen molar-refractivity contribution in [3.05, 3.63) is 117 Å². The van der Waals surface area contributed by atoms with Crippen LogP contribution in [0.15, 0.2) is 83.7 Å². The number of benzene rings is 3. The SMILES string of the molecule is Cc1cc(C#N)ccc1-c1cc(=O)[nH]c2c(-c3ccc(Cl)cc3)c(Cc3ccccc3)nn12. The third-order valence-corrected chi connectivity index (χ3v) is 5.93. The highest BCUT2D eigenvalue weighted by Crippen LogP contribution is 2.32. The van der Waals surface area contributed by atoms with E-state index in [2.05, 4.69) is 23.2 Å². The molecule has 0 spiro atoms. The number of rotatable bonds is 4. The second kappa shape index (κ2) is 8.42. The van der Waals surface area contributed by atoms with Crippen molar-refractivity contribution in [3.8, 4) is 28.5 Å². The normalized spacial score (nSPS) is 10.9. The highest BCUT2D eigenvalue weighted by atomic mass is 35.5. The Kier molecular flexibility index (Phi) is 5.29. The lowest BCUT2D eigenvalue weighted by molar-refractivity contribution is 0.898. The summed E-state index contributed by atoms with van der Waals surface area (Å²) in [7, 11) is 0. The molecule has 0 fully saturated rings. The zero-order valence-corrected chi connectivity index (χ0v) is 18.6. The number of nitriles is 1. The first-order chi connectivity index (χ1) is 16.0. The zero-order valence-electron chi connectivity index (χ0n) is 17.8. The summed E-state index contributed by atoms with van der Waals surface area (Å²) in [5.41, 5.74) is 7.14. The summed E-state index contributed by atoms with van der Waals surface area (Å²) >= 11 is 6.13. The molecule has 33 heavy (non-hydrogen) atoms. The predicted molar refractivity (Wildman–Crippen MR) is 130 cm³/mol. The van der Waals surface area contributed by atoms with E-state index in [4.69, 9.17) is 16.7 Å². The van der Waals surface area contributed by atoms with Gasteiger partial charge in [0, 0.05) is 28.6 Å². The summed E-state index contributed by atoms with van der Waals surface area (Å²) in [6, 6.07) is 26.8. The van der Waals surface area contributed by atoms with Gasteiger partial charge in [-0.25, -0.2) is 4.52 Å². The maximum atomic E-state index is 12.7. The number of nitrogens with one attached hydrogen (secondary N) is 1. The number of H-pyrrole nitrogens is 1. The van der Waals surface area contributed by atoms with Gasteiger partial charge in [-0.15, -0.1) is 0 Å². The van der Waals surface area contributed by atoms with Gasteiger partial charge in [-0.3, -0.25) is 4.79 Å². The summed E-state index contributed by atoms with van der Waals surface area (Å²) in [6.45, 7) is 1.93. The number of aromatic amines is 1. The molecule has 5 rings (SSSR count). The quantitative estimate of drug-likeness (QED) is 0.377. The number of aryl methyl sites for hydroxylation is 1. The lowest BCUT2D eigenvalue weighted by atomic mass is 10.0. The smallest absolute Gasteiger partial charge is 0.251 e.